The third kappa shape index (κ3) is 2.26. The molecule has 2 aliphatic heterocycles. The summed E-state index contributed by atoms with van der Waals surface area (Å²) in [5.74, 6) is 2.31. The number of hydrogen-bond acceptors (Lipinski definition) is 6. The van der Waals surface area contributed by atoms with Gasteiger partial charge in [0.1, 0.15) is 17.1 Å². The fraction of sp³-hybridized carbons (Fsp3) is 0.200. The lowest BCUT2D eigenvalue weighted by molar-refractivity contribution is 0.289. The summed E-state index contributed by atoms with van der Waals surface area (Å²) in [6.07, 6.45) is 5.57. The summed E-state index contributed by atoms with van der Waals surface area (Å²) in [5.41, 5.74) is 4.83. The Hall–Kier alpha value is -3.28. The summed E-state index contributed by atoms with van der Waals surface area (Å²) < 4.78 is 6.10. The van der Waals surface area contributed by atoms with Crippen LogP contribution in [0.2, 0.25) is 0 Å². The Morgan fingerprint density at radius 1 is 0.923 bits per heavy atom. The van der Waals surface area contributed by atoms with Crippen molar-refractivity contribution in [3.05, 3.63) is 59.9 Å². The Morgan fingerprint density at radius 3 is 2.31 bits per heavy atom. The Morgan fingerprint density at radius 2 is 1.62 bits per heavy atom. The van der Waals surface area contributed by atoms with Crippen molar-refractivity contribution in [2.24, 2.45) is 10.2 Å². The Kier molecular flexibility index (Phi) is 3.41. The number of rotatable bonds is 1. The fourth-order valence-corrected chi connectivity index (χ4v) is 3.50. The van der Waals surface area contributed by atoms with Gasteiger partial charge in [0.05, 0.1) is 12.3 Å². The summed E-state index contributed by atoms with van der Waals surface area (Å²) in [6.45, 7) is 2.85. The minimum absolute atomic E-state index is 0.703. The normalized spacial score (nSPS) is 14.7. The molecule has 128 valence electrons. The number of ether oxygens (including phenoxy) is 1. The van der Waals surface area contributed by atoms with Gasteiger partial charge in [-0.3, -0.25) is 4.90 Å². The lowest BCUT2D eigenvalue weighted by Crippen LogP contribution is -2.18. The van der Waals surface area contributed by atoms with E-state index in [9.17, 15) is 0 Å². The lowest BCUT2D eigenvalue weighted by Gasteiger charge is -2.29. The van der Waals surface area contributed by atoms with E-state index in [2.05, 4.69) is 39.3 Å². The third-order valence-electron chi connectivity index (χ3n) is 4.75. The van der Waals surface area contributed by atoms with Gasteiger partial charge in [0.2, 0.25) is 0 Å². The van der Waals surface area contributed by atoms with Gasteiger partial charge < -0.3 is 4.74 Å². The van der Waals surface area contributed by atoms with Crippen molar-refractivity contribution in [1.29, 1.82) is 0 Å². The van der Waals surface area contributed by atoms with E-state index in [0.29, 0.717) is 23.0 Å². The summed E-state index contributed by atoms with van der Waals surface area (Å²) in [6, 6.07) is 11.7. The van der Waals surface area contributed by atoms with Crippen molar-refractivity contribution in [1.82, 2.24) is 9.97 Å². The van der Waals surface area contributed by atoms with Crippen molar-refractivity contribution >= 4 is 28.7 Å². The van der Waals surface area contributed by atoms with Crippen LogP contribution in [-0.4, -0.2) is 16.6 Å². The highest BCUT2D eigenvalue weighted by Gasteiger charge is 2.28. The van der Waals surface area contributed by atoms with Gasteiger partial charge in [-0.2, -0.15) is 0 Å². The number of benzene rings is 1. The second-order valence-corrected chi connectivity index (χ2v) is 6.39. The van der Waals surface area contributed by atoms with Crippen LogP contribution >= 0.6 is 0 Å². The molecule has 0 aliphatic carbocycles. The first-order chi connectivity index (χ1) is 12.8. The van der Waals surface area contributed by atoms with Crippen LogP contribution < -0.4 is 9.64 Å². The molecule has 0 spiro atoms. The molecular formula is C20H17N5O. The maximum absolute atomic E-state index is 6.10. The lowest BCUT2D eigenvalue weighted by atomic mass is 9.99. The fourth-order valence-electron chi connectivity index (χ4n) is 3.50. The van der Waals surface area contributed by atoms with Gasteiger partial charge in [-0.05, 0) is 61.2 Å². The molecule has 2 aromatic heterocycles. The summed E-state index contributed by atoms with van der Waals surface area (Å²) in [5, 5.41) is 8.75. The first-order valence-electron chi connectivity index (χ1n) is 8.70. The molecule has 0 saturated heterocycles. The standard InChI is InChI=1S/C20H17N5O/c1-13-8-9-17(18-14(13)5-4-12-26-18)25-19-15(6-2-10-21-19)23-24-16-7-3-11-22-20(16)25/h2-3,6-11H,4-5,12H2,1H3. The van der Waals surface area contributed by atoms with E-state index in [4.69, 9.17) is 4.74 Å². The maximum atomic E-state index is 6.10. The van der Waals surface area contributed by atoms with Crippen LogP contribution in [0.1, 0.15) is 17.5 Å². The number of aryl methyl sites for hydroxylation is 1. The van der Waals surface area contributed by atoms with Gasteiger partial charge in [0.15, 0.2) is 11.6 Å². The van der Waals surface area contributed by atoms with E-state index in [-0.39, 0.29) is 0 Å². The van der Waals surface area contributed by atoms with Gasteiger partial charge in [0.25, 0.3) is 0 Å². The van der Waals surface area contributed by atoms with Crippen LogP contribution in [0.25, 0.3) is 0 Å². The zero-order valence-electron chi connectivity index (χ0n) is 14.4. The Labute approximate surface area is 151 Å². The molecule has 2 aliphatic rings. The molecule has 6 heteroatoms. The molecule has 0 bridgehead atoms. The molecule has 5 rings (SSSR count). The number of fused-ring (bicyclic) bond motifs is 3. The topological polar surface area (TPSA) is 63.0 Å². The van der Waals surface area contributed by atoms with E-state index >= 15 is 0 Å². The van der Waals surface area contributed by atoms with Gasteiger partial charge in [-0.1, -0.05) is 6.07 Å². The van der Waals surface area contributed by atoms with Crippen molar-refractivity contribution < 1.29 is 4.74 Å². The van der Waals surface area contributed by atoms with E-state index in [1.54, 1.807) is 12.4 Å². The highest BCUT2D eigenvalue weighted by Crippen LogP contribution is 2.49. The molecule has 26 heavy (non-hydrogen) atoms. The second-order valence-electron chi connectivity index (χ2n) is 6.39. The largest absolute Gasteiger partial charge is 0.491 e. The molecule has 0 radical (unpaired) electrons. The molecule has 0 saturated carbocycles. The number of hydrogen-bond donors (Lipinski definition) is 0. The number of aromatic nitrogens is 2. The van der Waals surface area contributed by atoms with Gasteiger partial charge in [0, 0.05) is 12.4 Å². The van der Waals surface area contributed by atoms with Crippen LogP contribution in [-0.2, 0) is 6.42 Å². The van der Waals surface area contributed by atoms with Gasteiger partial charge in [-0.15, -0.1) is 10.2 Å². The van der Waals surface area contributed by atoms with Crippen LogP contribution in [0, 0.1) is 6.92 Å². The zero-order valence-corrected chi connectivity index (χ0v) is 14.4. The number of pyridine rings is 2. The molecule has 0 amide bonds. The van der Waals surface area contributed by atoms with Crippen molar-refractivity contribution in [3.8, 4) is 5.75 Å². The average Bonchev–Trinajstić information content (AvgIpc) is 2.86. The maximum Gasteiger partial charge on any atom is 0.166 e. The smallest absolute Gasteiger partial charge is 0.166 e. The van der Waals surface area contributed by atoms with Crippen LogP contribution in [0.3, 0.4) is 0 Å². The first-order valence-corrected chi connectivity index (χ1v) is 8.70. The summed E-state index contributed by atoms with van der Waals surface area (Å²) in [4.78, 5) is 11.2. The Bertz CT molecular complexity index is 981. The second kappa shape index (κ2) is 5.91. The summed E-state index contributed by atoms with van der Waals surface area (Å²) in [7, 11) is 0. The molecule has 1 aromatic carbocycles. The zero-order chi connectivity index (χ0) is 17.5. The monoisotopic (exact) mass is 343 g/mol. The van der Waals surface area contributed by atoms with Crippen LogP contribution in [0.4, 0.5) is 28.7 Å². The highest BCUT2D eigenvalue weighted by molar-refractivity contribution is 5.87. The Balaban J connectivity index is 1.81. The van der Waals surface area contributed by atoms with E-state index < -0.39 is 0 Å². The van der Waals surface area contributed by atoms with E-state index in [0.717, 1.165) is 30.9 Å². The molecule has 0 fully saturated rings. The highest BCUT2D eigenvalue weighted by atomic mass is 16.5. The molecule has 6 nitrogen and oxygen atoms in total. The number of azo groups is 1. The van der Waals surface area contributed by atoms with Crippen molar-refractivity contribution in [2.45, 2.75) is 19.8 Å². The van der Waals surface area contributed by atoms with Gasteiger partial charge >= 0.3 is 0 Å². The predicted octanol–water partition coefficient (Wildman–Crippen LogP) is 5.31. The van der Waals surface area contributed by atoms with E-state index in [1.165, 1.54) is 11.1 Å². The van der Waals surface area contributed by atoms with E-state index in [1.807, 2.05) is 29.2 Å². The molecule has 0 atom stereocenters. The summed E-state index contributed by atoms with van der Waals surface area (Å²) >= 11 is 0. The number of nitrogens with zero attached hydrogens (tertiary/aromatic N) is 5. The average molecular weight is 343 g/mol. The minimum atomic E-state index is 0.703. The quantitative estimate of drug-likeness (QED) is 0.470. The minimum Gasteiger partial charge on any atom is -0.491 e. The van der Waals surface area contributed by atoms with Crippen LogP contribution in [0.15, 0.2) is 59.0 Å². The third-order valence-corrected chi connectivity index (χ3v) is 4.75. The molecule has 4 heterocycles. The number of anilines is 3. The molecule has 3 aromatic rings. The molecule has 0 unspecified atom stereocenters. The first kappa shape index (κ1) is 15.0. The van der Waals surface area contributed by atoms with Gasteiger partial charge in [-0.25, -0.2) is 9.97 Å². The van der Waals surface area contributed by atoms with Crippen LogP contribution in [0.5, 0.6) is 5.75 Å². The molecule has 0 N–H and O–H groups in total. The van der Waals surface area contributed by atoms with Crippen molar-refractivity contribution in [3.63, 3.8) is 0 Å². The van der Waals surface area contributed by atoms with Crippen molar-refractivity contribution in [2.75, 3.05) is 11.5 Å². The predicted molar refractivity (Wildman–Crippen MR) is 99.4 cm³/mol. The SMILES string of the molecule is Cc1ccc(N2c3ncccc3N=Nc3cccnc32)c2c1CCCO2. The molecular weight excluding hydrogens is 326 g/mol.